The minimum absolute atomic E-state index is 0.0868. The lowest BCUT2D eigenvalue weighted by Crippen LogP contribution is -2.25. The van der Waals surface area contributed by atoms with Gasteiger partial charge in [-0.2, -0.15) is 0 Å². The minimum atomic E-state index is -0.214. The highest BCUT2D eigenvalue weighted by molar-refractivity contribution is 9.10. The fraction of sp³-hybridized carbons (Fsp3) is 0.333. The zero-order valence-electron chi connectivity index (χ0n) is 11.5. The second-order valence-corrected chi connectivity index (χ2v) is 5.58. The third-order valence-corrected chi connectivity index (χ3v) is 3.50. The molecule has 1 N–H and O–H groups in total. The number of rotatable bonds is 5. The van der Waals surface area contributed by atoms with Crippen LogP contribution in [0.15, 0.2) is 35.1 Å². The first kappa shape index (κ1) is 15.1. The van der Waals surface area contributed by atoms with E-state index >= 15 is 0 Å². The molecule has 3 nitrogen and oxygen atoms in total. The van der Waals surface area contributed by atoms with Gasteiger partial charge in [0.25, 0.3) is 0 Å². The van der Waals surface area contributed by atoms with Crippen molar-refractivity contribution in [2.45, 2.75) is 26.3 Å². The number of nitrogens with one attached hydrogen (secondary N) is 1. The first-order valence-electron chi connectivity index (χ1n) is 6.56. The smallest absolute Gasteiger partial charge is 0.145 e. The molecular weight excluding hydrogens is 321 g/mol. The van der Waals surface area contributed by atoms with E-state index in [0.717, 1.165) is 16.6 Å². The monoisotopic (exact) mass is 337 g/mol. The van der Waals surface area contributed by atoms with Crippen molar-refractivity contribution in [3.05, 3.63) is 57.8 Å². The van der Waals surface area contributed by atoms with Gasteiger partial charge in [0.05, 0.1) is 6.04 Å². The van der Waals surface area contributed by atoms with Gasteiger partial charge in [-0.25, -0.2) is 14.4 Å². The maximum absolute atomic E-state index is 13.9. The average molecular weight is 338 g/mol. The molecule has 0 bridgehead atoms. The molecule has 0 saturated heterocycles. The van der Waals surface area contributed by atoms with Crippen LogP contribution in [-0.2, 0) is 6.42 Å². The van der Waals surface area contributed by atoms with Crippen molar-refractivity contribution in [3.8, 4) is 0 Å². The lowest BCUT2D eigenvalue weighted by Gasteiger charge is -2.17. The van der Waals surface area contributed by atoms with Crippen molar-refractivity contribution in [3.63, 3.8) is 0 Å². The lowest BCUT2D eigenvalue weighted by molar-refractivity contribution is 0.505. The van der Waals surface area contributed by atoms with E-state index in [9.17, 15) is 4.39 Å². The van der Waals surface area contributed by atoms with Crippen LogP contribution >= 0.6 is 15.9 Å². The summed E-state index contributed by atoms with van der Waals surface area (Å²) >= 11 is 3.27. The van der Waals surface area contributed by atoms with Gasteiger partial charge in [0.1, 0.15) is 11.6 Å². The molecule has 2 rings (SSSR count). The molecule has 1 unspecified atom stereocenters. The second kappa shape index (κ2) is 6.90. The number of aryl methyl sites for hydroxylation is 1. The molecule has 1 atom stereocenters. The average Bonchev–Trinajstić information content (AvgIpc) is 2.42. The van der Waals surface area contributed by atoms with Gasteiger partial charge in [-0.05, 0) is 43.1 Å². The molecule has 5 heteroatoms. The highest BCUT2D eigenvalue weighted by Gasteiger charge is 2.16. The van der Waals surface area contributed by atoms with E-state index in [1.807, 2.05) is 19.9 Å². The van der Waals surface area contributed by atoms with Gasteiger partial charge in [-0.1, -0.05) is 28.9 Å². The molecule has 2 aromatic rings. The van der Waals surface area contributed by atoms with E-state index in [0.29, 0.717) is 17.8 Å². The topological polar surface area (TPSA) is 37.8 Å². The van der Waals surface area contributed by atoms with Crippen LogP contribution in [0, 0.1) is 12.7 Å². The normalized spacial score (nSPS) is 12.4. The molecule has 0 fully saturated rings. The molecular formula is C15H17BrFN3. The summed E-state index contributed by atoms with van der Waals surface area (Å²) in [4.78, 5) is 8.67. The Morgan fingerprint density at radius 3 is 2.60 bits per heavy atom. The lowest BCUT2D eigenvalue weighted by atomic mass is 10.0. The predicted octanol–water partition coefficient (Wildman–Crippen LogP) is 3.58. The third-order valence-electron chi connectivity index (χ3n) is 3.00. The van der Waals surface area contributed by atoms with E-state index < -0.39 is 0 Å². The van der Waals surface area contributed by atoms with Gasteiger partial charge in [0.15, 0.2) is 0 Å². The number of benzene rings is 1. The molecule has 1 aromatic heterocycles. The third kappa shape index (κ3) is 3.84. The van der Waals surface area contributed by atoms with Crippen LogP contribution in [-0.4, -0.2) is 16.5 Å². The molecule has 0 amide bonds. The standard InChI is InChI=1S/C15H17BrFN3/c1-3-18-14(15-19-8-10(2)9-20-15)6-11-4-5-12(16)7-13(11)17/h4-5,7-9,14,18H,3,6H2,1-2H3. The van der Waals surface area contributed by atoms with Crippen LogP contribution in [0.5, 0.6) is 0 Å². The van der Waals surface area contributed by atoms with E-state index in [4.69, 9.17) is 0 Å². The molecule has 0 aliphatic carbocycles. The summed E-state index contributed by atoms with van der Waals surface area (Å²) in [5, 5.41) is 3.31. The number of aromatic nitrogens is 2. The van der Waals surface area contributed by atoms with E-state index in [2.05, 4.69) is 31.2 Å². The summed E-state index contributed by atoms with van der Waals surface area (Å²) in [6, 6.07) is 5.03. The molecule has 106 valence electrons. The Hall–Kier alpha value is -1.33. The van der Waals surface area contributed by atoms with E-state index in [-0.39, 0.29) is 11.9 Å². The molecule has 0 aliphatic rings. The number of likely N-dealkylation sites (N-methyl/N-ethyl adjacent to an activating group) is 1. The van der Waals surface area contributed by atoms with Gasteiger partial charge >= 0.3 is 0 Å². The summed E-state index contributed by atoms with van der Waals surface area (Å²) in [6.45, 7) is 4.74. The van der Waals surface area contributed by atoms with Crippen LogP contribution in [0.4, 0.5) is 4.39 Å². The van der Waals surface area contributed by atoms with Crippen LogP contribution in [0.1, 0.15) is 29.9 Å². The summed E-state index contributed by atoms with van der Waals surface area (Å²) in [7, 11) is 0. The molecule has 20 heavy (non-hydrogen) atoms. The van der Waals surface area contributed by atoms with Gasteiger partial charge in [0.2, 0.25) is 0 Å². The Balaban J connectivity index is 2.22. The number of hydrogen-bond acceptors (Lipinski definition) is 3. The Kier molecular flexibility index (Phi) is 5.20. The molecule has 0 spiro atoms. The second-order valence-electron chi connectivity index (χ2n) is 4.67. The summed E-state index contributed by atoms with van der Waals surface area (Å²) in [5.41, 5.74) is 1.67. The molecule has 0 saturated carbocycles. The zero-order chi connectivity index (χ0) is 14.5. The zero-order valence-corrected chi connectivity index (χ0v) is 13.1. The highest BCUT2D eigenvalue weighted by atomic mass is 79.9. The first-order chi connectivity index (χ1) is 9.60. The fourth-order valence-electron chi connectivity index (χ4n) is 1.99. The number of halogens is 2. The van der Waals surface area contributed by atoms with Crippen molar-refractivity contribution >= 4 is 15.9 Å². The largest absolute Gasteiger partial charge is 0.307 e. The Morgan fingerprint density at radius 1 is 1.30 bits per heavy atom. The van der Waals surface area contributed by atoms with Gasteiger partial charge in [0, 0.05) is 16.9 Å². The molecule has 1 heterocycles. The summed E-state index contributed by atoms with van der Waals surface area (Å²) in [5.74, 6) is 0.481. The van der Waals surface area contributed by atoms with E-state index in [1.165, 1.54) is 6.07 Å². The first-order valence-corrected chi connectivity index (χ1v) is 7.35. The quantitative estimate of drug-likeness (QED) is 0.906. The Bertz CT molecular complexity index is 572. The maximum atomic E-state index is 13.9. The number of nitrogens with zero attached hydrogens (tertiary/aromatic N) is 2. The van der Waals surface area contributed by atoms with Crippen LogP contribution in [0.2, 0.25) is 0 Å². The van der Waals surface area contributed by atoms with Crippen molar-refractivity contribution in [2.75, 3.05) is 6.54 Å². The van der Waals surface area contributed by atoms with Crippen molar-refractivity contribution in [1.29, 1.82) is 0 Å². The summed E-state index contributed by atoms with van der Waals surface area (Å²) in [6.07, 6.45) is 4.09. The van der Waals surface area contributed by atoms with Gasteiger partial charge in [-0.3, -0.25) is 0 Å². The summed E-state index contributed by atoms with van der Waals surface area (Å²) < 4.78 is 14.7. The maximum Gasteiger partial charge on any atom is 0.145 e. The minimum Gasteiger partial charge on any atom is -0.307 e. The predicted molar refractivity (Wildman–Crippen MR) is 81.0 cm³/mol. The van der Waals surface area contributed by atoms with Crippen LogP contribution in [0.3, 0.4) is 0 Å². The highest BCUT2D eigenvalue weighted by Crippen LogP contribution is 2.20. The van der Waals surface area contributed by atoms with Crippen molar-refractivity contribution < 1.29 is 4.39 Å². The fourth-order valence-corrected chi connectivity index (χ4v) is 2.32. The Labute approximate surface area is 126 Å². The van der Waals surface area contributed by atoms with E-state index in [1.54, 1.807) is 18.5 Å². The molecule has 0 aliphatic heterocycles. The van der Waals surface area contributed by atoms with Crippen LogP contribution in [0.25, 0.3) is 0 Å². The van der Waals surface area contributed by atoms with Crippen LogP contribution < -0.4 is 5.32 Å². The Morgan fingerprint density at radius 2 is 2.00 bits per heavy atom. The SMILES string of the molecule is CCNC(Cc1ccc(Br)cc1F)c1ncc(C)cn1. The molecule has 0 radical (unpaired) electrons. The van der Waals surface area contributed by atoms with Crippen molar-refractivity contribution in [2.24, 2.45) is 0 Å². The molecule has 1 aromatic carbocycles. The van der Waals surface area contributed by atoms with Gasteiger partial charge in [-0.15, -0.1) is 0 Å². The van der Waals surface area contributed by atoms with Gasteiger partial charge < -0.3 is 5.32 Å². The number of hydrogen-bond donors (Lipinski definition) is 1. The van der Waals surface area contributed by atoms with Crippen molar-refractivity contribution in [1.82, 2.24) is 15.3 Å².